The van der Waals surface area contributed by atoms with E-state index in [-0.39, 0.29) is 46.1 Å². The molecule has 0 spiro atoms. The molecule has 0 rings (SSSR count). The van der Waals surface area contributed by atoms with E-state index in [2.05, 4.69) is 0 Å². The lowest BCUT2D eigenvalue weighted by molar-refractivity contribution is -0.144. The van der Waals surface area contributed by atoms with Crippen molar-refractivity contribution in [1.82, 2.24) is 0 Å². The van der Waals surface area contributed by atoms with Crippen LogP contribution in [0.5, 0.6) is 0 Å². The van der Waals surface area contributed by atoms with Crippen LogP contribution in [0.2, 0.25) is 0 Å². The molecule has 8 nitrogen and oxygen atoms in total. The van der Waals surface area contributed by atoms with E-state index in [4.69, 9.17) is 34.9 Å². The van der Waals surface area contributed by atoms with E-state index in [0.29, 0.717) is 38.9 Å². The van der Waals surface area contributed by atoms with Gasteiger partial charge in [0.2, 0.25) is 5.85 Å². The molecule has 9 heteroatoms. The maximum atomic E-state index is 14.3. The van der Waals surface area contributed by atoms with Crippen molar-refractivity contribution in [3.63, 3.8) is 0 Å². The molecule has 164 valence electrons. The van der Waals surface area contributed by atoms with Gasteiger partial charge in [0.15, 0.2) is 0 Å². The molecule has 0 aromatic rings. The fraction of sp³-hybridized carbons (Fsp3) is 1.00. The Morgan fingerprint density at radius 1 is 0.852 bits per heavy atom. The van der Waals surface area contributed by atoms with Crippen LogP contribution in [0.25, 0.3) is 0 Å². The van der Waals surface area contributed by atoms with Crippen molar-refractivity contribution < 1.29 is 38.7 Å². The number of ether oxygens (including phenoxy) is 4. The molecule has 0 bridgehead atoms. The predicted molar refractivity (Wildman–Crippen MR) is 98.9 cm³/mol. The Bertz CT molecular complexity index is 346. The first-order valence-electron chi connectivity index (χ1n) is 9.53. The Morgan fingerprint density at radius 2 is 1.48 bits per heavy atom. The summed E-state index contributed by atoms with van der Waals surface area (Å²) in [6.45, 7) is 4.35. The molecule has 0 aromatic carbocycles. The zero-order valence-electron chi connectivity index (χ0n) is 16.7. The number of rotatable bonds is 19. The lowest BCUT2D eigenvalue weighted by atomic mass is 10.1. The summed E-state index contributed by atoms with van der Waals surface area (Å²) in [7, 11) is 0. The highest BCUT2D eigenvalue weighted by Crippen LogP contribution is 2.20. The molecular formula is C18H38FNO7. The van der Waals surface area contributed by atoms with Crippen molar-refractivity contribution in [3.05, 3.63) is 0 Å². The van der Waals surface area contributed by atoms with Crippen LogP contribution in [0.3, 0.4) is 0 Å². The van der Waals surface area contributed by atoms with Crippen LogP contribution in [0.1, 0.15) is 46.0 Å². The van der Waals surface area contributed by atoms with Crippen LogP contribution in [0.15, 0.2) is 0 Å². The highest BCUT2D eigenvalue weighted by Gasteiger charge is 2.24. The lowest BCUT2D eigenvalue weighted by Crippen LogP contribution is -2.40. The van der Waals surface area contributed by atoms with E-state index < -0.39 is 17.7 Å². The smallest absolute Gasteiger partial charge is 0.206 e. The number of aliphatic hydroxyl groups excluding tert-OH is 3. The molecule has 0 saturated carbocycles. The molecule has 0 radical (unpaired) electrons. The average Bonchev–Trinajstić information content (AvgIpc) is 2.60. The van der Waals surface area contributed by atoms with Gasteiger partial charge in [-0.05, 0) is 39.5 Å². The topological polar surface area (TPSA) is 124 Å². The van der Waals surface area contributed by atoms with E-state index in [1.54, 1.807) is 6.92 Å². The number of nitrogens with two attached hydrogens (primary N) is 1. The van der Waals surface area contributed by atoms with Gasteiger partial charge in [-0.25, -0.2) is 4.39 Å². The highest BCUT2D eigenvalue weighted by atomic mass is 19.2. The summed E-state index contributed by atoms with van der Waals surface area (Å²) < 4.78 is 35.2. The van der Waals surface area contributed by atoms with Crippen molar-refractivity contribution >= 4 is 0 Å². The SMILES string of the molecule is CC(N)(CCCO)OCCCC(C)(F)OCCCOCC(O)COCCO. The fourth-order valence-corrected chi connectivity index (χ4v) is 2.27. The van der Waals surface area contributed by atoms with Gasteiger partial charge >= 0.3 is 0 Å². The van der Waals surface area contributed by atoms with Gasteiger partial charge in [0.1, 0.15) is 11.8 Å². The molecule has 0 aromatic heterocycles. The van der Waals surface area contributed by atoms with Crippen molar-refractivity contribution in [2.45, 2.75) is 63.6 Å². The Hall–Kier alpha value is -0.390. The highest BCUT2D eigenvalue weighted by molar-refractivity contribution is 4.67. The van der Waals surface area contributed by atoms with E-state index in [1.165, 1.54) is 6.92 Å². The lowest BCUT2D eigenvalue weighted by Gasteiger charge is -2.26. The summed E-state index contributed by atoms with van der Waals surface area (Å²) >= 11 is 0. The Morgan fingerprint density at radius 3 is 2.11 bits per heavy atom. The molecule has 3 atom stereocenters. The number of aliphatic hydroxyl groups is 3. The summed E-state index contributed by atoms with van der Waals surface area (Å²) in [4.78, 5) is 0. The standard InChI is InChI=1S/C18H38FNO7/c1-17(19,6-4-11-27-18(2,20)7-3-8-21)26-12-5-10-24-14-16(23)15-25-13-9-22/h16,21-23H,3-15,20H2,1-2H3. The monoisotopic (exact) mass is 399 g/mol. The molecule has 0 aliphatic carbocycles. The minimum absolute atomic E-state index is 0.0622. The molecule has 27 heavy (non-hydrogen) atoms. The Kier molecular flexibility index (Phi) is 15.3. The number of alkyl halides is 1. The summed E-state index contributed by atoms with van der Waals surface area (Å²) in [5.41, 5.74) is 5.11. The van der Waals surface area contributed by atoms with Gasteiger partial charge in [-0.15, -0.1) is 0 Å². The van der Waals surface area contributed by atoms with Crippen molar-refractivity contribution in [3.8, 4) is 0 Å². The summed E-state index contributed by atoms with van der Waals surface area (Å²) in [5.74, 6) is -1.75. The van der Waals surface area contributed by atoms with Gasteiger partial charge in [-0.1, -0.05) is 0 Å². The molecule has 0 amide bonds. The predicted octanol–water partition coefficient (Wildman–Crippen LogP) is 0.709. The van der Waals surface area contributed by atoms with Crippen molar-refractivity contribution in [1.29, 1.82) is 0 Å². The van der Waals surface area contributed by atoms with Gasteiger partial charge < -0.3 is 40.0 Å². The second kappa shape index (κ2) is 15.5. The summed E-state index contributed by atoms with van der Waals surface area (Å²) in [6, 6.07) is 0. The van der Waals surface area contributed by atoms with Gasteiger partial charge in [-0.3, -0.25) is 0 Å². The number of hydrogen-bond acceptors (Lipinski definition) is 8. The van der Waals surface area contributed by atoms with Crippen LogP contribution >= 0.6 is 0 Å². The molecule has 3 unspecified atom stereocenters. The van der Waals surface area contributed by atoms with E-state index >= 15 is 0 Å². The first-order chi connectivity index (χ1) is 12.7. The van der Waals surface area contributed by atoms with Crippen LogP contribution in [0.4, 0.5) is 4.39 Å². The molecule has 0 aliphatic rings. The third-order valence-corrected chi connectivity index (χ3v) is 3.72. The fourth-order valence-electron chi connectivity index (χ4n) is 2.27. The van der Waals surface area contributed by atoms with Crippen LogP contribution in [0, 0.1) is 0 Å². The molecule has 5 N–H and O–H groups in total. The van der Waals surface area contributed by atoms with Crippen LogP contribution in [-0.2, 0) is 18.9 Å². The van der Waals surface area contributed by atoms with Gasteiger partial charge in [-0.2, -0.15) is 0 Å². The second-order valence-electron chi connectivity index (χ2n) is 6.92. The minimum atomic E-state index is -1.75. The Balaban J connectivity index is 3.65. The van der Waals surface area contributed by atoms with Crippen molar-refractivity contribution in [2.24, 2.45) is 5.73 Å². The largest absolute Gasteiger partial charge is 0.396 e. The average molecular weight is 400 g/mol. The maximum absolute atomic E-state index is 14.3. The third-order valence-electron chi connectivity index (χ3n) is 3.72. The summed E-state index contributed by atoms with van der Waals surface area (Å²) in [5, 5.41) is 26.9. The van der Waals surface area contributed by atoms with Crippen molar-refractivity contribution in [2.75, 3.05) is 52.9 Å². The first-order valence-corrected chi connectivity index (χ1v) is 9.53. The normalized spacial score (nSPS) is 17.4. The quantitative estimate of drug-likeness (QED) is 0.185. The zero-order chi connectivity index (χ0) is 20.6. The molecular weight excluding hydrogens is 361 g/mol. The van der Waals surface area contributed by atoms with Gasteiger partial charge in [0.25, 0.3) is 0 Å². The third kappa shape index (κ3) is 17.4. The minimum Gasteiger partial charge on any atom is -0.396 e. The molecule has 0 heterocycles. The molecule has 0 saturated heterocycles. The van der Waals surface area contributed by atoms with E-state index in [0.717, 1.165) is 0 Å². The summed E-state index contributed by atoms with van der Waals surface area (Å²) in [6.07, 6.45) is 1.50. The van der Waals surface area contributed by atoms with E-state index in [1.807, 2.05) is 0 Å². The zero-order valence-corrected chi connectivity index (χ0v) is 16.7. The van der Waals surface area contributed by atoms with Gasteiger partial charge in [0.05, 0.1) is 33.0 Å². The van der Waals surface area contributed by atoms with Crippen LogP contribution in [-0.4, -0.2) is 85.9 Å². The van der Waals surface area contributed by atoms with Gasteiger partial charge in [0, 0.05) is 26.2 Å². The number of hydrogen-bond donors (Lipinski definition) is 4. The van der Waals surface area contributed by atoms with E-state index in [9.17, 15) is 9.50 Å². The molecule has 0 fully saturated rings. The first kappa shape index (κ1) is 26.6. The van der Waals surface area contributed by atoms with Crippen LogP contribution < -0.4 is 5.73 Å². The number of halogens is 1. The molecule has 0 aliphatic heterocycles. The Labute approximate surface area is 161 Å². The maximum Gasteiger partial charge on any atom is 0.206 e. The second-order valence-corrected chi connectivity index (χ2v) is 6.92.